The average molecular weight is 321 g/mol. The molecule has 24 heavy (non-hydrogen) atoms. The summed E-state index contributed by atoms with van der Waals surface area (Å²) < 4.78 is 0. The number of hydrogen-bond acceptors (Lipinski definition) is 3. The van der Waals surface area contributed by atoms with Crippen molar-refractivity contribution in [3.8, 4) is 5.75 Å². The van der Waals surface area contributed by atoms with Crippen LogP contribution in [0, 0.1) is 11.8 Å². The monoisotopic (exact) mass is 321 g/mol. The van der Waals surface area contributed by atoms with Gasteiger partial charge in [-0.05, 0) is 60.4 Å². The number of aromatic hydroxyl groups is 1. The molecule has 0 bridgehead atoms. The van der Waals surface area contributed by atoms with Crippen molar-refractivity contribution in [2.24, 2.45) is 11.8 Å². The molecule has 3 atom stereocenters. The fourth-order valence-electron chi connectivity index (χ4n) is 4.47. The van der Waals surface area contributed by atoms with Gasteiger partial charge in [0.25, 0.3) is 0 Å². The predicted octanol–water partition coefficient (Wildman–Crippen LogP) is 3.70. The normalized spacial score (nSPS) is 26.4. The van der Waals surface area contributed by atoms with Crippen LogP contribution in [0.2, 0.25) is 0 Å². The lowest BCUT2D eigenvalue weighted by Gasteiger charge is -2.18. The Morgan fingerprint density at radius 2 is 1.58 bits per heavy atom. The summed E-state index contributed by atoms with van der Waals surface area (Å²) in [5, 5.41) is 9.33. The van der Waals surface area contributed by atoms with Crippen molar-refractivity contribution in [1.29, 1.82) is 0 Å². The quantitative estimate of drug-likeness (QED) is 0.873. The summed E-state index contributed by atoms with van der Waals surface area (Å²) in [7, 11) is 0. The van der Waals surface area contributed by atoms with Gasteiger partial charge in [-0.25, -0.2) is 0 Å². The van der Waals surface area contributed by atoms with Gasteiger partial charge in [0, 0.05) is 18.7 Å². The van der Waals surface area contributed by atoms with Gasteiger partial charge in [0.1, 0.15) is 5.75 Å². The fourth-order valence-corrected chi connectivity index (χ4v) is 4.47. The first-order valence-corrected chi connectivity index (χ1v) is 8.78. The molecular formula is C21H23NO2. The Morgan fingerprint density at radius 1 is 0.958 bits per heavy atom. The number of ketones is 1. The molecule has 1 saturated carbocycles. The number of phenols is 1. The van der Waals surface area contributed by atoms with Crippen LogP contribution in [0.1, 0.15) is 34.7 Å². The minimum atomic E-state index is 0.148. The topological polar surface area (TPSA) is 40.5 Å². The summed E-state index contributed by atoms with van der Waals surface area (Å²) in [6.07, 6.45) is 2.50. The van der Waals surface area contributed by atoms with E-state index in [-0.39, 0.29) is 11.5 Å². The molecule has 2 fully saturated rings. The van der Waals surface area contributed by atoms with Crippen LogP contribution >= 0.6 is 0 Å². The minimum Gasteiger partial charge on any atom is -0.508 e. The van der Waals surface area contributed by atoms with Crippen molar-refractivity contribution in [2.45, 2.75) is 18.8 Å². The molecule has 0 radical (unpaired) electrons. The molecule has 3 nitrogen and oxygen atoms in total. The van der Waals surface area contributed by atoms with Gasteiger partial charge in [0.15, 0.2) is 5.78 Å². The van der Waals surface area contributed by atoms with E-state index in [9.17, 15) is 9.90 Å². The van der Waals surface area contributed by atoms with Gasteiger partial charge in [0.05, 0.1) is 6.54 Å². The number of rotatable bonds is 4. The molecule has 124 valence electrons. The molecule has 1 heterocycles. The van der Waals surface area contributed by atoms with Crippen molar-refractivity contribution in [3.63, 3.8) is 0 Å². The molecule has 0 amide bonds. The molecule has 4 rings (SSSR count). The van der Waals surface area contributed by atoms with Gasteiger partial charge in [-0.3, -0.25) is 9.69 Å². The standard InChI is InChI=1S/C21H23NO2/c23-20-8-6-16(7-9-20)21(24)14-22-12-18-10-17(11-19(18)13-22)15-4-2-1-3-5-15/h1-9,17-19,23H,10-14H2/t17-,18-,19+. The number of likely N-dealkylation sites (tertiary alicyclic amines) is 1. The highest BCUT2D eigenvalue weighted by Crippen LogP contribution is 2.46. The second-order valence-corrected chi connectivity index (χ2v) is 7.26. The third-order valence-corrected chi connectivity index (χ3v) is 5.65. The van der Waals surface area contributed by atoms with Crippen LogP contribution in [0.25, 0.3) is 0 Å². The first kappa shape index (κ1) is 15.4. The Kier molecular flexibility index (Phi) is 4.11. The number of phenolic OH excluding ortho intramolecular Hbond substituents is 1. The smallest absolute Gasteiger partial charge is 0.176 e. The zero-order valence-electron chi connectivity index (χ0n) is 13.8. The highest BCUT2D eigenvalue weighted by molar-refractivity contribution is 5.97. The molecular weight excluding hydrogens is 298 g/mol. The largest absolute Gasteiger partial charge is 0.508 e. The SMILES string of the molecule is O=C(CN1C[C@H]2C[C@@H](c3ccccc3)C[C@H]2C1)c1ccc(O)cc1. The van der Waals surface area contributed by atoms with Gasteiger partial charge >= 0.3 is 0 Å². The van der Waals surface area contributed by atoms with Crippen LogP contribution in [0.5, 0.6) is 5.75 Å². The number of carbonyl (C=O) groups excluding carboxylic acids is 1. The van der Waals surface area contributed by atoms with Crippen LogP contribution in [0.4, 0.5) is 0 Å². The van der Waals surface area contributed by atoms with E-state index < -0.39 is 0 Å². The molecule has 2 aromatic rings. The van der Waals surface area contributed by atoms with Crippen molar-refractivity contribution in [2.75, 3.05) is 19.6 Å². The van der Waals surface area contributed by atoms with E-state index in [1.165, 1.54) is 18.4 Å². The Labute approximate surface area is 142 Å². The summed E-state index contributed by atoms with van der Waals surface area (Å²) in [6.45, 7) is 2.57. The van der Waals surface area contributed by atoms with E-state index in [0.29, 0.717) is 18.0 Å². The highest BCUT2D eigenvalue weighted by Gasteiger charge is 2.41. The summed E-state index contributed by atoms with van der Waals surface area (Å²) >= 11 is 0. The minimum absolute atomic E-state index is 0.148. The molecule has 2 aromatic carbocycles. The highest BCUT2D eigenvalue weighted by atomic mass is 16.3. The van der Waals surface area contributed by atoms with Crippen LogP contribution in [-0.4, -0.2) is 35.4 Å². The predicted molar refractivity (Wildman–Crippen MR) is 94.3 cm³/mol. The Morgan fingerprint density at radius 3 is 2.21 bits per heavy atom. The van der Waals surface area contributed by atoms with Crippen LogP contribution in [0.3, 0.4) is 0 Å². The van der Waals surface area contributed by atoms with Crippen LogP contribution in [-0.2, 0) is 0 Å². The maximum absolute atomic E-state index is 12.4. The zero-order chi connectivity index (χ0) is 16.5. The van der Waals surface area contributed by atoms with Gasteiger partial charge in [-0.2, -0.15) is 0 Å². The van der Waals surface area contributed by atoms with Gasteiger partial charge < -0.3 is 5.11 Å². The molecule has 0 unspecified atom stereocenters. The first-order chi connectivity index (χ1) is 11.7. The molecule has 1 saturated heterocycles. The molecule has 2 aliphatic rings. The third kappa shape index (κ3) is 3.09. The van der Waals surface area contributed by atoms with E-state index in [1.807, 2.05) is 0 Å². The number of nitrogens with zero attached hydrogens (tertiary/aromatic N) is 1. The van der Waals surface area contributed by atoms with Crippen molar-refractivity contribution >= 4 is 5.78 Å². The summed E-state index contributed by atoms with van der Waals surface area (Å²) in [5.74, 6) is 2.49. The lowest BCUT2D eigenvalue weighted by Crippen LogP contribution is -2.29. The molecule has 0 spiro atoms. The Bertz CT molecular complexity index is 696. The molecule has 3 heteroatoms. The van der Waals surface area contributed by atoms with Crippen molar-refractivity contribution in [1.82, 2.24) is 4.90 Å². The molecule has 1 N–H and O–H groups in total. The number of carbonyl (C=O) groups is 1. The zero-order valence-corrected chi connectivity index (χ0v) is 13.8. The molecule has 1 aliphatic carbocycles. The lowest BCUT2D eigenvalue weighted by molar-refractivity contribution is 0.0940. The van der Waals surface area contributed by atoms with Gasteiger partial charge in [0.2, 0.25) is 0 Å². The molecule has 0 aromatic heterocycles. The van der Waals surface area contributed by atoms with Crippen LogP contribution in [0.15, 0.2) is 54.6 Å². The number of benzene rings is 2. The lowest BCUT2D eigenvalue weighted by atomic mass is 9.96. The van der Waals surface area contributed by atoms with Crippen LogP contribution < -0.4 is 0 Å². The third-order valence-electron chi connectivity index (χ3n) is 5.65. The number of Topliss-reactive ketones (excluding diaryl/α,β-unsaturated/α-hetero) is 1. The van der Waals surface area contributed by atoms with E-state index in [1.54, 1.807) is 24.3 Å². The Hall–Kier alpha value is -2.13. The first-order valence-electron chi connectivity index (χ1n) is 8.78. The van der Waals surface area contributed by atoms with E-state index in [4.69, 9.17) is 0 Å². The van der Waals surface area contributed by atoms with E-state index in [2.05, 4.69) is 35.2 Å². The average Bonchev–Trinajstić information content (AvgIpc) is 3.14. The second-order valence-electron chi connectivity index (χ2n) is 7.26. The van der Waals surface area contributed by atoms with Crippen molar-refractivity contribution < 1.29 is 9.90 Å². The Balaban J connectivity index is 1.34. The van der Waals surface area contributed by atoms with Gasteiger partial charge in [-0.15, -0.1) is 0 Å². The maximum Gasteiger partial charge on any atom is 0.176 e. The summed E-state index contributed by atoms with van der Waals surface area (Å²) in [5.41, 5.74) is 2.16. The summed E-state index contributed by atoms with van der Waals surface area (Å²) in [4.78, 5) is 14.7. The molecule has 1 aliphatic heterocycles. The second kappa shape index (κ2) is 6.40. The summed E-state index contributed by atoms with van der Waals surface area (Å²) in [6, 6.07) is 17.4. The van der Waals surface area contributed by atoms with Gasteiger partial charge in [-0.1, -0.05) is 30.3 Å². The number of hydrogen-bond donors (Lipinski definition) is 1. The number of fused-ring (bicyclic) bond motifs is 1. The van der Waals surface area contributed by atoms with Crippen molar-refractivity contribution in [3.05, 3.63) is 65.7 Å². The fraction of sp³-hybridized carbons (Fsp3) is 0.381. The van der Waals surface area contributed by atoms with E-state index >= 15 is 0 Å². The maximum atomic E-state index is 12.4. The van der Waals surface area contributed by atoms with E-state index in [0.717, 1.165) is 24.9 Å².